The summed E-state index contributed by atoms with van der Waals surface area (Å²) in [4.78, 5) is 2.16. The number of nitrogens with zero attached hydrogens (tertiary/aromatic N) is 2. The van der Waals surface area contributed by atoms with E-state index in [-0.39, 0.29) is 5.41 Å². The van der Waals surface area contributed by atoms with Crippen LogP contribution >= 0.6 is 0 Å². The highest BCUT2D eigenvalue weighted by Gasteiger charge is 2.49. The molecule has 2 saturated heterocycles. The summed E-state index contributed by atoms with van der Waals surface area (Å²) < 4.78 is 30.7. The van der Waals surface area contributed by atoms with Crippen LogP contribution in [0.2, 0.25) is 0 Å². The molecule has 106 valence electrons. The van der Waals surface area contributed by atoms with Crippen molar-refractivity contribution in [1.82, 2.24) is 9.21 Å². The smallest absolute Gasteiger partial charge is 0.211 e. The Morgan fingerprint density at radius 2 is 1.94 bits per heavy atom. The van der Waals surface area contributed by atoms with Gasteiger partial charge in [0.1, 0.15) is 0 Å². The molecule has 0 amide bonds. The normalized spacial score (nSPS) is 29.2. The molecule has 0 saturated carbocycles. The predicted molar refractivity (Wildman–Crippen MR) is 70.9 cm³/mol. The van der Waals surface area contributed by atoms with Gasteiger partial charge in [-0.15, -0.1) is 0 Å². The molecular weight excluding hydrogens is 252 g/mol. The zero-order chi connectivity index (χ0) is 13.4. The lowest BCUT2D eigenvalue weighted by molar-refractivity contribution is -0.00332. The van der Waals surface area contributed by atoms with Crippen LogP contribution < -0.4 is 0 Å². The molecule has 2 aliphatic heterocycles. The van der Waals surface area contributed by atoms with Crippen LogP contribution in [-0.2, 0) is 14.8 Å². The van der Waals surface area contributed by atoms with Gasteiger partial charge in [0.15, 0.2) is 0 Å². The molecule has 2 rings (SSSR count). The minimum Gasteiger partial charge on any atom is -0.381 e. The second kappa shape index (κ2) is 5.07. The number of sulfonamides is 1. The lowest BCUT2D eigenvalue weighted by Crippen LogP contribution is -2.40. The summed E-state index contributed by atoms with van der Waals surface area (Å²) in [5.74, 6) is 0.422. The molecular formula is C12H24N2O3S. The monoisotopic (exact) mass is 276 g/mol. The first-order chi connectivity index (χ1) is 8.33. The van der Waals surface area contributed by atoms with Gasteiger partial charge in [0, 0.05) is 32.8 Å². The average molecular weight is 276 g/mol. The maximum Gasteiger partial charge on any atom is 0.211 e. The molecule has 18 heavy (non-hydrogen) atoms. The van der Waals surface area contributed by atoms with Gasteiger partial charge in [0.2, 0.25) is 10.0 Å². The summed E-state index contributed by atoms with van der Waals surface area (Å²) in [5.41, 5.74) is 0.131. The predicted octanol–water partition coefficient (Wildman–Crippen LogP) is 0.236. The summed E-state index contributed by atoms with van der Waals surface area (Å²) in [6.07, 6.45) is 3.28. The summed E-state index contributed by atoms with van der Waals surface area (Å²) >= 11 is 0. The van der Waals surface area contributed by atoms with Crippen LogP contribution in [0.4, 0.5) is 0 Å². The third kappa shape index (κ3) is 2.87. The second-order valence-electron chi connectivity index (χ2n) is 5.99. The van der Waals surface area contributed by atoms with Crippen LogP contribution in [-0.4, -0.2) is 70.8 Å². The van der Waals surface area contributed by atoms with E-state index in [9.17, 15) is 8.42 Å². The lowest BCUT2D eigenvalue weighted by Gasteiger charge is -2.39. The minimum absolute atomic E-state index is 0.131. The SMILES string of the molecule is CN(C)C[C@H]1CN(S(C)(=O)=O)CC12CCOCC2. The highest BCUT2D eigenvalue weighted by atomic mass is 32.2. The maximum atomic E-state index is 11.8. The fourth-order valence-electron chi connectivity index (χ4n) is 3.27. The van der Waals surface area contributed by atoms with Gasteiger partial charge in [0.05, 0.1) is 6.26 Å². The zero-order valence-corrected chi connectivity index (χ0v) is 12.4. The molecule has 0 aromatic heterocycles. The zero-order valence-electron chi connectivity index (χ0n) is 11.6. The lowest BCUT2D eigenvalue weighted by atomic mass is 9.72. The van der Waals surface area contributed by atoms with Gasteiger partial charge in [-0.2, -0.15) is 0 Å². The van der Waals surface area contributed by atoms with Gasteiger partial charge in [-0.05, 0) is 38.3 Å². The van der Waals surface area contributed by atoms with E-state index in [1.165, 1.54) is 6.26 Å². The second-order valence-corrected chi connectivity index (χ2v) is 7.97. The van der Waals surface area contributed by atoms with Crippen molar-refractivity contribution in [3.8, 4) is 0 Å². The molecule has 0 N–H and O–H groups in total. The number of hydrogen-bond acceptors (Lipinski definition) is 4. The van der Waals surface area contributed by atoms with Crippen molar-refractivity contribution in [2.24, 2.45) is 11.3 Å². The summed E-state index contributed by atoms with van der Waals surface area (Å²) in [6.45, 7) is 3.82. The number of hydrogen-bond donors (Lipinski definition) is 0. The Bertz CT molecular complexity index is 388. The Hall–Kier alpha value is -0.170. The molecule has 0 radical (unpaired) electrons. The highest BCUT2D eigenvalue weighted by Crippen LogP contribution is 2.45. The van der Waals surface area contributed by atoms with E-state index in [1.807, 2.05) is 0 Å². The standard InChI is InChI=1S/C12H24N2O3S/c1-13(2)8-11-9-14(18(3,15)16)10-12(11)4-6-17-7-5-12/h11H,4-10H2,1-3H3/t11-/m0/s1. The number of ether oxygens (including phenoxy) is 1. The van der Waals surface area contributed by atoms with Crippen LogP contribution in [0.25, 0.3) is 0 Å². The van der Waals surface area contributed by atoms with Crippen molar-refractivity contribution in [2.75, 3.05) is 53.2 Å². The highest BCUT2D eigenvalue weighted by molar-refractivity contribution is 7.88. The molecule has 0 aromatic rings. The van der Waals surface area contributed by atoms with E-state index in [2.05, 4.69) is 19.0 Å². The van der Waals surface area contributed by atoms with E-state index in [4.69, 9.17) is 4.74 Å². The van der Waals surface area contributed by atoms with E-state index >= 15 is 0 Å². The molecule has 1 atom stereocenters. The van der Waals surface area contributed by atoms with Gasteiger partial charge in [0.25, 0.3) is 0 Å². The van der Waals surface area contributed by atoms with Crippen molar-refractivity contribution < 1.29 is 13.2 Å². The van der Waals surface area contributed by atoms with Crippen LogP contribution in [0.5, 0.6) is 0 Å². The minimum atomic E-state index is -3.07. The molecule has 5 nitrogen and oxygen atoms in total. The quantitative estimate of drug-likeness (QED) is 0.741. The number of rotatable bonds is 3. The first-order valence-electron chi connectivity index (χ1n) is 6.51. The third-order valence-corrected chi connectivity index (χ3v) is 5.54. The van der Waals surface area contributed by atoms with Gasteiger partial charge in [-0.3, -0.25) is 0 Å². The fraction of sp³-hybridized carbons (Fsp3) is 1.00. The average Bonchev–Trinajstić information content (AvgIpc) is 2.58. The Balaban J connectivity index is 2.19. The largest absolute Gasteiger partial charge is 0.381 e. The molecule has 0 aliphatic carbocycles. The molecule has 1 spiro atoms. The van der Waals surface area contributed by atoms with E-state index in [0.29, 0.717) is 19.0 Å². The van der Waals surface area contributed by atoms with Gasteiger partial charge < -0.3 is 9.64 Å². The van der Waals surface area contributed by atoms with E-state index in [1.54, 1.807) is 4.31 Å². The Morgan fingerprint density at radius 1 is 1.33 bits per heavy atom. The molecule has 0 unspecified atom stereocenters. The fourth-order valence-corrected chi connectivity index (χ4v) is 4.22. The van der Waals surface area contributed by atoms with Crippen molar-refractivity contribution in [3.63, 3.8) is 0 Å². The summed E-state index contributed by atoms with van der Waals surface area (Å²) in [5, 5.41) is 0. The Labute approximate surface area is 110 Å². The van der Waals surface area contributed by atoms with Gasteiger partial charge in [-0.1, -0.05) is 0 Å². The molecule has 0 aromatic carbocycles. The van der Waals surface area contributed by atoms with Crippen LogP contribution in [0, 0.1) is 11.3 Å². The van der Waals surface area contributed by atoms with Gasteiger partial charge in [-0.25, -0.2) is 12.7 Å². The topological polar surface area (TPSA) is 49.9 Å². The summed E-state index contributed by atoms with van der Waals surface area (Å²) in [6, 6.07) is 0. The van der Waals surface area contributed by atoms with E-state index < -0.39 is 10.0 Å². The molecule has 2 fully saturated rings. The van der Waals surface area contributed by atoms with Crippen molar-refractivity contribution in [1.29, 1.82) is 0 Å². The third-order valence-electron chi connectivity index (χ3n) is 4.32. The van der Waals surface area contributed by atoms with Crippen LogP contribution in [0.1, 0.15) is 12.8 Å². The molecule has 0 bridgehead atoms. The van der Waals surface area contributed by atoms with Crippen LogP contribution in [0.15, 0.2) is 0 Å². The van der Waals surface area contributed by atoms with E-state index in [0.717, 1.165) is 32.6 Å². The Morgan fingerprint density at radius 3 is 2.44 bits per heavy atom. The molecule has 6 heteroatoms. The van der Waals surface area contributed by atoms with Crippen molar-refractivity contribution in [3.05, 3.63) is 0 Å². The molecule has 2 heterocycles. The first kappa shape index (κ1) is 14.2. The maximum absolute atomic E-state index is 11.8. The van der Waals surface area contributed by atoms with Crippen molar-refractivity contribution >= 4 is 10.0 Å². The summed E-state index contributed by atoms with van der Waals surface area (Å²) in [7, 11) is 1.03. The molecule has 2 aliphatic rings. The Kier molecular flexibility index (Phi) is 4.02. The van der Waals surface area contributed by atoms with Gasteiger partial charge >= 0.3 is 0 Å². The van der Waals surface area contributed by atoms with Crippen molar-refractivity contribution in [2.45, 2.75) is 12.8 Å². The van der Waals surface area contributed by atoms with Crippen LogP contribution in [0.3, 0.4) is 0 Å². The first-order valence-corrected chi connectivity index (χ1v) is 8.36.